The molecule has 0 radical (unpaired) electrons. The minimum absolute atomic E-state index is 0.438. The van der Waals surface area contributed by atoms with Crippen LogP contribution in [0.5, 0.6) is 11.5 Å². The number of thioether (sulfide) groups is 2. The zero-order valence-corrected chi connectivity index (χ0v) is 13.9. The van der Waals surface area contributed by atoms with Gasteiger partial charge in [-0.3, -0.25) is 0 Å². The highest BCUT2D eigenvalue weighted by Gasteiger charge is 1.97. The molecular formula is C14H16N4O2S2. The van der Waals surface area contributed by atoms with Gasteiger partial charge in [0.05, 0.1) is 24.8 Å². The van der Waals surface area contributed by atoms with Gasteiger partial charge in [-0.15, -0.1) is 0 Å². The fourth-order valence-corrected chi connectivity index (χ4v) is 2.03. The standard InChI is InChI=1S/C14H16N4O2S2/c1-21-13-15-7-11(8-16-13)19-5-3-4-6-20-12-9-17-14(22-2)18-10-12/h3-4,7-10H,5-6H2,1-2H3/b4-3+. The quantitative estimate of drug-likeness (QED) is 0.414. The van der Waals surface area contributed by atoms with E-state index in [1.54, 1.807) is 24.8 Å². The van der Waals surface area contributed by atoms with E-state index in [0.717, 1.165) is 10.3 Å². The van der Waals surface area contributed by atoms with Gasteiger partial charge in [0.25, 0.3) is 0 Å². The van der Waals surface area contributed by atoms with Crippen LogP contribution >= 0.6 is 23.5 Å². The molecule has 0 aromatic carbocycles. The lowest BCUT2D eigenvalue weighted by molar-refractivity contribution is 0.346. The molecule has 0 amide bonds. The van der Waals surface area contributed by atoms with Crippen LogP contribution in [0.15, 0.2) is 47.3 Å². The summed E-state index contributed by atoms with van der Waals surface area (Å²) in [5.41, 5.74) is 0. The average Bonchev–Trinajstić information content (AvgIpc) is 2.59. The Balaban J connectivity index is 1.66. The molecule has 2 heterocycles. The van der Waals surface area contributed by atoms with Crippen LogP contribution in [-0.4, -0.2) is 45.7 Å². The third-order valence-electron chi connectivity index (χ3n) is 2.43. The van der Waals surface area contributed by atoms with Gasteiger partial charge in [-0.25, -0.2) is 19.9 Å². The second kappa shape index (κ2) is 9.26. The zero-order valence-electron chi connectivity index (χ0n) is 12.3. The number of hydrogen-bond acceptors (Lipinski definition) is 8. The number of nitrogens with zero attached hydrogens (tertiary/aromatic N) is 4. The van der Waals surface area contributed by atoms with E-state index < -0.39 is 0 Å². The summed E-state index contributed by atoms with van der Waals surface area (Å²) in [5, 5.41) is 1.46. The highest BCUT2D eigenvalue weighted by molar-refractivity contribution is 7.98. The maximum Gasteiger partial charge on any atom is 0.187 e. The first kappa shape index (κ1) is 16.6. The molecule has 0 aliphatic heterocycles. The summed E-state index contributed by atoms with van der Waals surface area (Å²) in [7, 11) is 0. The molecule has 0 fully saturated rings. The number of ether oxygens (including phenoxy) is 2. The largest absolute Gasteiger partial charge is 0.486 e. The van der Waals surface area contributed by atoms with Gasteiger partial charge in [0, 0.05) is 0 Å². The van der Waals surface area contributed by atoms with Crippen molar-refractivity contribution in [1.82, 2.24) is 19.9 Å². The summed E-state index contributed by atoms with van der Waals surface area (Å²) in [6, 6.07) is 0. The Bertz CT molecular complexity index is 537. The van der Waals surface area contributed by atoms with E-state index >= 15 is 0 Å². The van der Waals surface area contributed by atoms with E-state index in [2.05, 4.69) is 19.9 Å². The van der Waals surface area contributed by atoms with Crippen molar-refractivity contribution in [2.45, 2.75) is 10.3 Å². The summed E-state index contributed by atoms with van der Waals surface area (Å²) in [6.07, 6.45) is 14.2. The van der Waals surface area contributed by atoms with Crippen molar-refractivity contribution in [3.8, 4) is 11.5 Å². The summed E-state index contributed by atoms with van der Waals surface area (Å²) in [4.78, 5) is 16.5. The molecule has 0 aliphatic rings. The van der Waals surface area contributed by atoms with Crippen LogP contribution < -0.4 is 9.47 Å². The second-order valence-electron chi connectivity index (χ2n) is 3.90. The highest BCUT2D eigenvalue weighted by atomic mass is 32.2. The van der Waals surface area contributed by atoms with Crippen LogP contribution in [0.25, 0.3) is 0 Å². The van der Waals surface area contributed by atoms with E-state index in [4.69, 9.17) is 9.47 Å². The Kier molecular flexibility index (Phi) is 6.98. The van der Waals surface area contributed by atoms with Crippen molar-refractivity contribution >= 4 is 23.5 Å². The lowest BCUT2D eigenvalue weighted by atomic mass is 10.5. The topological polar surface area (TPSA) is 70.0 Å². The predicted molar refractivity (Wildman–Crippen MR) is 87.8 cm³/mol. The number of aromatic nitrogens is 4. The minimum atomic E-state index is 0.438. The maximum absolute atomic E-state index is 5.48. The molecule has 2 aromatic rings. The first-order valence-electron chi connectivity index (χ1n) is 6.44. The van der Waals surface area contributed by atoms with Crippen LogP contribution in [0.3, 0.4) is 0 Å². The van der Waals surface area contributed by atoms with E-state index in [1.165, 1.54) is 23.5 Å². The molecule has 0 atom stereocenters. The molecule has 2 rings (SSSR count). The predicted octanol–water partition coefficient (Wildman–Crippen LogP) is 2.72. The minimum Gasteiger partial charge on any atom is -0.486 e. The Labute approximate surface area is 137 Å². The van der Waals surface area contributed by atoms with Crippen molar-refractivity contribution in [3.05, 3.63) is 36.9 Å². The SMILES string of the molecule is CSc1ncc(OC/C=C/COc2cnc(SC)nc2)cn1. The van der Waals surface area contributed by atoms with E-state index in [0.29, 0.717) is 24.7 Å². The Morgan fingerprint density at radius 2 is 1.14 bits per heavy atom. The van der Waals surface area contributed by atoms with Gasteiger partial charge in [0.2, 0.25) is 0 Å². The van der Waals surface area contributed by atoms with Crippen molar-refractivity contribution in [3.63, 3.8) is 0 Å². The van der Waals surface area contributed by atoms with Crippen LogP contribution in [0.4, 0.5) is 0 Å². The summed E-state index contributed by atoms with van der Waals surface area (Å²) < 4.78 is 11.0. The van der Waals surface area contributed by atoms with Gasteiger partial charge in [-0.1, -0.05) is 23.5 Å². The number of hydrogen-bond donors (Lipinski definition) is 0. The first-order chi connectivity index (χ1) is 10.8. The molecule has 22 heavy (non-hydrogen) atoms. The van der Waals surface area contributed by atoms with Crippen molar-refractivity contribution in [2.24, 2.45) is 0 Å². The summed E-state index contributed by atoms with van der Waals surface area (Å²) >= 11 is 2.99. The molecule has 116 valence electrons. The average molecular weight is 336 g/mol. The zero-order chi connectivity index (χ0) is 15.6. The third kappa shape index (κ3) is 5.53. The third-order valence-corrected chi connectivity index (χ3v) is 3.59. The van der Waals surface area contributed by atoms with Crippen LogP contribution in [-0.2, 0) is 0 Å². The lowest BCUT2D eigenvalue weighted by Crippen LogP contribution is -1.98. The van der Waals surface area contributed by atoms with Gasteiger partial charge in [0.1, 0.15) is 13.2 Å². The molecule has 8 heteroatoms. The van der Waals surface area contributed by atoms with Gasteiger partial charge < -0.3 is 9.47 Å². The Morgan fingerprint density at radius 3 is 1.45 bits per heavy atom. The fraction of sp³-hybridized carbons (Fsp3) is 0.286. The molecule has 0 N–H and O–H groups in total. The van der Waals surface area contributed by atoms with E-state index in [9.17, 15) is 0 Å². The molecule has 0 saturated heterocycles. The van der Waals surface area contributed by atoms with Crippen LogP contribution in [0.2, 0.25) is 0 Å². The number of rotatable bonds is 8. The van der Waals surface area contributed by atoms with Crippen LogP contribution in [0.1, 0.15) is 0 Å². The molecule has 0 saturated carbocycles. The monoisotopic (exact) mass is 336 g/mol. The van der Waals surface area contributed by atoms with Gasteiger partial charge in [-0.05, 0) is 24.7 Å². The molecule has 6 nitrogen and oxygen atoms in total. The molecule has 0 spiro atoms. The van der Waals surface area contributed by atoms with Gasteiger partial charge >= 0.3 is 0 Å². The molecular weight excluding hydrogens is 320 g/mol. The normalized spacial score (nSPS) is 10.8. The van der Waals surface area contributed by atoms with E-state index in [-0.39, 0.29) is 0 Å². The lowest BCUT2D eigenvalue weighted by Gasteiger charge is -2.03. The highest BCUT2D eigenvalue weighted by Crippen LogP contribution is 2.12. The Hall–Kier alpha value is -1.80. The molecule has 0 bridgehead atoms. The molecule has 2 aromatic heterocycles. The Morgan fingerprint density at radius 1 is 0.773 bits per heavy atom. The molecule has 0 unspecified atom stereocenters. The van der Waals surface area contributed by atoms with Crippen LogP contribution in [0, 0.1) is 0 Å². The van der Waals surface area contributed by atoms with Crippen molar-refractivity contribution in [2.75, 3.05) is 25.7 Å². The second-order valence-corrected chi connectivity index (χ2v) is 5.45. The van der Waals surface area contributed by atoms with Gasteiger partial charge in [-0.2, -0.15) is 0 Å². The first-order valence-corrected chi connectivity index (χ1v) is 8.89. The summed E-state index contributed by atoms with van der Waals surface area (Å²) in [6.45, 7) is 0.875. The fourth-order valence-electron chi connectivity index (χ4n) is 1.39. The van der Waals surface area contributed by atoms with Crippen molar-refractivity contribution < 1.29 is 9.47 Å². The summed E-state index contributed by atoms with van der Waals surface area (Å²) in [5.74, 6) is 1.29. The van der Waals surface area contributed by atoms with Crippen molar-refractivity contribution in [1.29, 1.82) is 0 Å². The smallest absolute Gasteiger partial charge is 0.187 e. The van der Waals surface area contributed by atoms with Gasteiger partial charge in [0.15, 0.2) is 21.8 Å². The van der Waals surface area contributed by atoms with E-state index in [1.807, 2.05) is 24.7 Å². The molecule has 0 aliphatic carbocycles. The maximum atomic E-state index is 5.48.